The molecule has 158 valence electrons. The van der Waals surface area contributed by atoms with E-state index in [1.165, 1.54) is 14.2 Å². The van der Waals surface area contributed by atoms with Gasteiger partial charge in [0.05, 0.1) is 33.5 Å². The molecule has 30 heavy (non-hydrogen) atoms. The zero-order valence-corrected chi connectivity index (χ0v) is 17.7. The van der Waals surface area contributed by atoms with Gasteiger partial charge in [0.25, 0.3) is 5.60 Å². The number of anilines is 1. The first-order valence-corrected chi connectivity index (χ1v) is 9.67. The summed E-state index contributed by atoms with van der Waals surface area (Å²) in [5.41, 5.74) is -0.0827. The van der Waals surface area contributed by atoms with Gasteiger partial charge in [0.15, 0.2) is 0 Å². The highest BCUT2D eigenvalue weighted by molar-refractivity contribution is 6.07. The largest absolute Gasteiger partial charge is 0.496 e. The molecule has 0 spiro atoms. The maximum Gasteiger partial charge on any atom is 0.352 e. The Kier molecular flexibility index (Phi) is 4.73. The molecule has 1 saturated heterocycles. The molecule has 0 amide bonds. The van der Waals surface area contributed by atoms with E-state index in [2.05, 4.69) is 0 Å². The Bertz CT molecular complexity index is 989. The second-order valence-electron chi connectivity index (χ2n) is 7.77. The van der Waals surface area contributed by atoms with Crippen LogP contribution in [0.15, 0.2) is 48.5 Å². The van der Waals surface area contributed by atoms with Gasteiger partial charge in [-0.15, -0.1) is 0 Å². The van der Waals surface area contributed by atoms with E-state index >= 15 is 0 Å². The highest BCUT2D eigenvalue weighted by Gasteiger charge is 2.75. The minimum absolute atomic E-state index is 0.611. The molecular formula is C23H25NO6. The molecule has 2 heterocycles. The van der Waals surface area contributed by atoms with Crippen molar-refractivity contribution in [1.29, 1.82) is 0 Å². The van der Waals surface area contributed by atoms with Crippen LogP contribution in [0.2, 0.25) is 0 Å². The van der Waals surface area contributed by atoms with Crippen molar-refractivity contribution < 1.29 is 28.5 Å². The van der Waals surface area contributed by atoms with E-state index in [1.54, 1.807) is 7.11 Å². The third-order valence-electron chi connectivity index (χ3n) is 6.45. The molecule has 0 unspecified atom stereocenters. The summed E-state index contributed by atoms with van der Waals surface area (Å²) >= 11 is 0. The van der Waals surface area contributed by atoms with Gasteiger partial charge in [0.2, 0.25) is 0 Å². The van der Waals surface area contributed by atoms with Crippen LogP contribution in [-0.2, 0) is 29.2 Å². The third-order valence-corrected chi connectivity index (χ3v) is 6.45. The number of para-hydroxylation sites is 2. The Morgan fingerprint density at radius 2 is 1.57 bits per heavy atom. The number of methoxy groups -OCH3 is 3. The highest BCUT2D eigenvalue weighted by atomic mass is 16.6. The Morgan fingerprint density at radius 3 is 2.20 bits per heavy atom. The highest BCUT2D eigenvalue weighted by Crippen LogP contribution is 2.62. The van der Waals surface area contributed by atoms with Gasteiger partial charge in [0.1, 0.15) is 5.75 Å². The van der Waals surface area contributed by atoms with Gasteiger partial charge in [-0.3, -0.25) is 0 Å². The first-order valence-electron chi connectivity index (χ1n) is 9.67. The smallest absolute Gasteiger partial charge is 0.352 e. The summed E-state index contributed by atoms with van der Waals surface area (Å²) < 4.78 is 22.1. The fraction of sp³-hybridized carbons (Fsp3) is 0.391. The van der Waals surface area contributed by atoms with E-state index in [-0.39, 0.29) is 0 Å². The van der Waals surface area contributed by atoms with Crippen LogP contribution < -0.4 is 9.64 Å². The molecule has 0 aromatic heterocycles. The lowest BCUT2D eigenvalue weighted by Gasteiger charge is -2.35. The topological polar surface area (TPSA) is 74.3 Å². The fourth-order valence-electron chi connectivity index (χ4n) is 5.25. The van der Waals surface area contributed by atoms with Gasteiger partial charge in [-0.05, 0) is 17.7 Å². The van der Waals surface area contributed by atoms with Crippen LogP contribution in [0.5, 0.6) is 5.75 Å². The Balaban J connectivity index is 2.04. The Hall–Kier alpha value is -3.06. The predicted molar refractivity (Wildman–Crippen MR) is 110 cm³/mol. The number of carbonyl (C=O) groups excluding carboxylic acids is 2. The normalized spacial score (nSPS) is 26.0. The first-order chi connectivity index (χ1) is 14.4. The molecule has 0 aliphatic carbocycles. The minimum Gasteiger partial charge on any atom is -0.496 e. The van der Waals surface area contributed by atoms with Crippen molar-refractivity contribution in [2.45, 2.75) is 30.1 Å². The van der Waals surface area contributed by atoms with Gasteiger partial charge < -0.3 is 23.8 Å². The first kappa shape index (κ1) is 20.2. The van der Waals surface area contributed by atoms with Gasteiger partial charge in [-0.2, -0.15) is 0 Å². The van der Waals surface area contributed by atoms with Crippen LogP contribution >= 0.6 is 0 Å². The lowest BCUT2D eigenvalue weighted by Crippen LogP contribution is -2.62. The number of rotatable bonds is 4. The molecule has 0 N–H and O–H groups in total. The van der Waals surface area contributed by atoms with Crippen molar-refractivity contribution >= 4 is 17.6 Å². The summed E-state index contributed by atoms with van der Waals surface area (Å²) in [5, 5.41) is 0. The number of likely N-dealkylation sites (N-methyl/N-ethyl adjacent to an activating group) is 1. The zero-order chi connectivity index (χ0) is 21.7. The average Bonchev–Trinajstić information content (AvgIpc) is 3.20. The molecule has 7 heteroatoms. The molecule has 1 fully saturated rings. The van der Waals surface area contributed by atoms with Crippen molar-refractivity contribution in [3.63, 3.8) is 0 Å². The maximum absolute atomic E-state index is 13.1. The number of hydrogen-bond acceptors (Lipinski definition) is 7. The molecule has 2 aliphatic heterocycles. The molecule has 0 bridgehead atoms. The monoisotopic (exact) mass is 411 g/mol. The summed E-state index contributed by atoms with van der Waals surface area (Å²) in [7, 11) is 5.91. The number of benzene rings is 2. The lowest BCUT2D eigenvalue weighted by atomic mass is 9.69. The SMILES string of the molecule is COC(=O)C1(C(=O)OC)O[C@@H](c2ccccc2OC)[C@]2(C)c3ccccc3N(C)[C@H]12. The second-order valence-corrected chi connectivity index (χ2v) is 7.77. The van der Waals surface area contributed by atoms with Crippen molar-refractivity contribution in [2.24, 2.45) is 0 Å². The van der Waals surface area contributed by atoms with Crippen molar-refractivity contribution in [2.75, 3.05) is 33.3 Å². The van der Waals surface area contributed by atoms with Gasteiger partial charge in [-0.1, -0.05) is 43.3 Å². The Morgan fingerprint density at radius 1 is 0.967 bits per heavy atom. The molecule has 2 aromatic rings. The third kappa shape index (κ3) is 2.35. The van der Waals surface area contributed by atoms with Gasteiger partial charge in [0, 0.05) is 23.7 Å². The minimum atomic E-state index is -1.96. The maximum atomic E-state index is 13.1. The fourth-order valence-corrected chi connectivity index (χ4v) is 5.25. The zero-order valence-electron chi connectivity index (χ0n) is 17.7. The number of nitrogens with zero attached hydrogens (tertiary/aromatic N) is 1. The van der Waals surface area contributed by atoms with Gasteiger partial charge in [-0.25, -0.2) is 9.59 Å². The average molecular weight is 411 g/mol. The molecule has 0 radical (unpaired) electrons. The molecule has 7 nitrogen and oxygen atoms in total. The van der Waals surface area contributed by atoms with E-state index in [9.17, 15) is 9.59 Å². The van der Waals surface area contributed by atoms with Crippen molar-refractivity contribution in [3.8, 4) is 5.75 Å². The van der Waals surface area contributed by atoms with Crippen LogP contribution in [0.25, 0.3) is 0 Å². The molecule has 0 saturated carbocycles. The molecule has 3 atom stereocenters. The standard InChI is InChI=1S/C23H25NO6/c1-22-15-11-7-8-12-16(15)24(2)19(22)23(20(25)28-4,21(26)29-5)30-18(22)14-10-6-9-13-17(14)27-3/h6-13,18-19H,1-5H3/t18-,19-,22-/m0/s1. The molecule has 4 rings (SSSR count). The Labute approximate surface area is 175 Å². The quantitative estimate of drug-likeness (QED) is 0.566. The molecule has 2 aromatic carbocycles. The summed E-state index contributed by atoms with van der Waals surface area (Å²) in [5.74, 6) is -0.967. The van der Waals surface area contributed by atoms with Gasteiger partial charge >= 0.3 is 11.9 Å². The number of ether oxygens (including phenoxy) is 4. The summed E-state index contributed by atoms with van der Waals surface area (Å²) in [6.07, 6.45) is -0.664. The van der Waals surface area contributed by atoms with Crippen LogP contribution in [-0.4, -0.2) is 52.0 Å². The van der Waals surface area contributed by atoms with E-state index in [1.807, 2.05) is 67.4 Å². The van der Waals surface area contributed by atoms with Crippen LogP contribution in [0.3, 0.4) is 0 Å². The molecule has 2 aliphatic rings. The van der Waals surface area contributed by atoms with Crippen LogP contribution in [0.4, 0.5) is 5.69 Å². The number of carbonyl (C=O) groups is 2. The number of hydrogen-bond donors (Lipinski definition) is 0. The van der Waals surface area contributed by atoms with Crippen molar-refractivity contribution in [1.82, 2.24) is 0 Å². The summed E-state index contributed by atoms with van der Waals surface area (Å²) in [6, 6.07) is 14.6. The second kappa shape index (κ2) is 7.02. The van der Waals surface area contributed by atoms with Crippen molar-refractivity contribution in [3.05, 3.63) is 59.7 Å². The van der Waals surface area contributed by atoms with Crippen LogP contribution in [0, 0.1) is 0 Å². The lowest BCUT2D eigenvalue weighted by molar-refractivity contribution is -0.187. The molecular weight excluding hydrogens is 386 g/mol. The summed E-state index contributed by atoms with van der Waals surface area (Å²) in [6.45, 7) is 2.00. The van der Waals surface area contributed by atoms with Crippen LogP contribution in [0.1, 0.15) is 24.2 Å². The number of esters is 2. The van der Waals surface area contributed by atoms with E-state index in [0.29, 0.717) is 5.75 Å². The predicted octanol–water partition coefficient (Wildman–Crippen LogP) is 2.63. The summed E-state index contributed by atoms with van der Waals surface area (Å²) in [4.78, 5) is 28.2. The van der Waals surface area contributed by atoms with E-state index in [4.69, 9.17) is 18.9 Å². The number of fused-ring (bicyclic) bond motifs is 3. The van der Waals surface area contributed by atoms with E-state index in [0.717, 1.165) is 16.8 Å². The van der Waals surface area contributed by atoms with E-state index < -0.39 is 35.1 Å².